The number of benzene rings is 2. The van der Waals surface area contributed by atoms with E-state index in [0.717, 1.165) is 21.7 Å². The molecule has 0 aliphatic rings. The smallest absolute Gasteiger partial charge is 0.181 e. The van der Waals surface area contributed by atoms with Crippen LogP contribution in [0.3, 0.4) is 0 Å². The first-order valence-corrected chi connectivity index (χ1v) is 7.49. The van der Waals surface area contributed by atoms with Gasteiger partial charge in [0.15, 0.2) is 5.13 Å². The number of halogens is 2. The average Bonchev–Trinajstić information content (AvgIpc) is 2.82. The highest BCUT2D eigenvalue weighted by Gasteiger charge is 2.13. The highest BCUT2D eigenvalue weighted by molar-refractivity contribution is 7.19. The first-order chi connectivity index (χ1) is 9.63. The molecule has 0 amide bonds. The zero-order valence-electron chi connectivity index (χ0n) is 10.3. The third kappa shape index (κ3) is 2.66. The van der Waals surface area contributed by atoms with Crippen molar-refractivity contribution in [1.29, 1.82) is 0 Å². The zero-order valence-corrected chi connectivity index (χ0v) is 12.6. The van der Waals surface area contributed by atoms with E-state index in [4.69, 9.17) is 28.9 Å². The molecule has 0 atom stereocenters. The van der Waals surface area contributed by atoms with Crippen LogP contribution in [-0.4, -0.2) is 4.98 Å². The van der Waals surface area contributed by atoms with E-state index in [9.17, 15) is 0 Å². The van der Waals surface area contributed by atoms with Crippen molar-refractivity contribution in [2.45, 2.75) is 0 Å². The van der Waals surface area contributed by atoms with E-state index in [-0.39, 0.29) is 0 Å². The van der Waals surface area contributed by atoms with Gasteiger partial charge in [0.25, 0.3) is 0 Å². The highest BCUT2D eigenvalue weighted by atomic mass is 35.5. The Hall–Kier alpha value is -1.55. The first-order valence-electron chi connectivity index (χ1n) is 5.91. The highest BCUT2D eigenvalue weighted by Crippen LogP contribution is 2.38. The molecule has 0 aliphatic carbocycles. The number of nitrogen functional groups attached to an aromatic ring is 1. The summed E-state index contributed by atoms with van der Waals surface area (Å²) in [4.78, 5) is 5.46. The van der Waals surface area contributed by atoms with Crippen LogP contribution in [0.15, 0.2) is 48.5 Å². The van der Waals surface area contributed by atoms with Crippen molar-refractivity contribution in [3.8, 4) is 21.7 Å². The van der Waals surface area contributed by atoms with Crippen molar-refractivity contribution in [3.63, 3.8) is 0 Å². The van der Waals surface area contributed by atoms with Crippen LogP contribution in [0.5, 0.6) is 0 Å². The Bertz CT molecular complexity index is 671. The number of rotatable bonds is 2. The molecule has 0 spiro atoms. The van der Waals surface area contributed by atoms with Gasteiger partial charge in [-0.15, -0.1) is 0 Å². The Morgan fingerprint density at radius 1 is 0.800 bits per heavy atom. The minimum Gasteiger partial charge on any atom is -0.375 e. The molecule has 1 aromatic heterocycles. The topological polar surface area (TPSA) is 38.9 Å². The number of hydrogen-bond donors (Lipinski definition) is 1. The molecule has 5 heteroatoms. The molecule has 0 aliphatic heterocycles. The molecule has 0 saturated carbocycles. The van der Waals surface area contributed by atoms with Gasteiger partial charge in [0.05, 0.1) is 10.6 Å². The molecule has 0 radical (unpaired) electrons. The normalized spacial score (nSPS) is 10.7. The van der Waals surface area contributed by atoms with E-state index in [1.54, 1.807) is 0 Å². The maximum absolute atomic E-state index is 5.93. The number of hydrogen-bond acceptors (Lipinski definition) is 3. The van der Waals surface area contributed by atoms with Crippen LogP contribution in [0, 0.1) is 0 Å². The second-order valence-electron chi connectivity index (χ2n) is 4.24. The van der Waals surface area contributed by atoms with Crippen molar-refractivity contribution in [2.75, 3.05) is 5.73 Å². The third-order valence-corrected chi connectivity index (χ3v) is 4.31. The lowest BCUT2D eigenvalue weighted by Crippen LogP contribution is -1.84. The van der Waals surface area contributed by atoms with Crippen LogP contribution < -0.4 is 5.73 Å². The molecule has 3 aromatic rings. The molecule has 20 heavy (non-hydrogen) atoms. The van der Waals surface area contributed by atoms with Crippen molar-refractivity contribution >= 4 is 39.7 Å². The summed E-state index contributed by atoms with van der Waals surface area (Å²) in [6, 6.07) is 15.2. The Kier molecular flexibility index (Phi) is 3.66. The largest absolute Gasteiger partial charge is 0.375 e. The molecule has 0 saturated heterocycles. The summed E-state index contributed by atoms with van der Waals surface area (Å²) in [5.74, 6) is 0. The maximum Gasteiger partial charge on any atom is 0.181 e. The van der Waals surface area contributed by atoms with E-state index < -0.39 is 0 Å². The second kappa shape index (κ2) is 5.44. The van der Waals surface area contributed by atoms with Crippen LogP contribution in [0.1, 0.15) is 0 Å². The van der Waals surface area contributed by atoms with Gasteiger partial charge in [0, 0.05) is 15.6 Å². The van der Waals surface area contributed by atoms with Gasteiger partial charge in [-0.25, -0.2) is 4.98 Å². The lowest BCUT2D eigenvalue weighted by molar-refractivity contribution is 1.41. The Morgan fingerprint density at radius 3 is 1.85 bits per heavy atom. The maximum atomic E-state index is 5.93. The van der Waals surface area contributed by atoms with Gasteiger partial charge < -0.3 is 5.73 Å². The minimum absolute atomic E-state index is 0.542. The summed E-state index contributed by atoms with van der Waals surface area (Å²) in [7, 11) is 0. The number of thiazole rings is 1. The minimum atomic E-state index is 0.542. The van der Waals surface area contributed by atoms with Crippen molar-refractivity contribution in [2.24, 2.45) is 0 Å². The van der Waals surface area contributed by atoms with Crippen molar-refractivity contribution in [3.05, 3.63) is 58.6 Å². The summed E-state index contributed by atoms with van der Waals surface area (Å²) in [5, 5.41) is 1.95. The second-order valence-corrected chi connectivity index (χ2v) is 6.15. The Balaban J connectivity index is 2.12. The zero-order chi connectivity index (χ0) is 14.1. The monoisotopic (exact) mass is 320 g/mol. The van der Waals surface area contributed by atoms with Gasteiger partial charge in [-0.2, -0.15) is 0 Å². The van der Waals surface area contributed by atoms with Gasteiger partial charge in [0.1, 0.15) is 0 Å². The summed E-state index contributed by atoms with van der Waals surface area (Å²) in [5.41, 5.74) is 8.78. The average molecular weight is 321 g/mol. The summed E-state index contributed by atoms with van der Waals surface area (Å²) >= 11 is 13.3. The van der Waals surface area contributed by atoms with Crippen LogP contribution in [0.2, 0.25) is 10.0 Å². The molecular weight excluding hydrogens is 311 g/mol. The van der Waals surface area contributed by atoms with Crippen molar-refractivity contribution < 1.29 is 0 Å². The van der Waals surface area contributed by atoms with E-state index in [2.05, 4.69) is 4.98 Å². The molecule has 2 N–H and O–H groups in total. The van der Waals surface area contributed by atoms with Crippen LogP contribution >= 0.6 is 34.5 Å². The molecule has 3 rings (SSSR count). The van der Waals surface area contributed by atoms with E-state index in [0.29, 0.717) is 15.2 Å². The van der Waals surface area contributed by atoms with Gasteiger partial charge in [-0.3, -0.25) is 0 Å². The van der Waals surface area contributed by atoms with Crippen LogP contribution in [0.25, 0.3) is 21.7 Å². The summed E-state index contributed by atoms with van der Waals surface area (Å²) in [6.45, 7) is 0. The van der Waals surface area contributed by atoms with E-state index in [1.807, 2.05) is 48.5 Å². The fourth-order valence-electron chi connectivity index (χ4n) is 1.94. The lowest BCUT2D eigenvalue weighted by Gasteiger charge is -2.03. The van der Waals surface area contributed by atoms with E-state index in [1.165, 1.54) is 11.3 Å². The van der Waals surface area contributed by atoms with Crippen molar-refractivity contribution in [1.82, 2.24) is 4.98 Å². The third-order valence-electron chi connectivity index (χ3n) is 2.87. The Morgan fingerprint density at radius 2 is 1.30 bits per heavy atom. The van der Waals surface area contributed by atoms with Gasteiger partial charge >= 0.3 is 0 Å². The van der Waals surface area contributed by atoms with E-state index >= 15 is 0 Å². The van der Waals surface area contributed by atoms with Gasteiger partial charge in [-0.05, 0) is 29.8 Å². The first kappa shape index (κ1) is 13.4. The molecule has 0 fully saturated rings. The summed E-state index contributed by atoms with van der Waals surface area (Å²) < 4.78 is 0. The van der Waals surface area contributed by atoms with Crippen LogP contribution in [0.4, 0.5) is 5.13 Å². The van der Waals surface area contributed by atoms with Gasteiger partial charge in [-0.1, -0.05) is 58.8 Å². The predicted octanol–water partition coefficient (Wildman–Crippen LogP) is 5.37. The fourth-order valence-corrected chi connectivity index (χ4v) is 3.05. The molecule has 0 bridgehead atoms. The number of aromatic nitrogens is 1. The summed E-state index contributed by atoms with van der Waals surface area (Å²) in [6.07, 6.45) is 0. The predicted molar refractivity (Wildman–Crippen MR) is 87.4 cm³/mol. The molecule has 2 aromatic carbocycles. The standard InChI is InChI=1S/C15H10Cl2N2S/c16-11-5-1-9(2-6-11)13-14(20-15(18)19-13)10-3-7-12(17)8-4-10/h1-8H,(H2,18,19). The van der Waals surface area contributed by atoms with Crippen LogP contribution in [-0.2, 0) is 0 Å². The fraction of sp³-hybridized carbons (Fsp3) is 0. The Labute approximate surface area is 130 Å². The quantitative estimate of drug-likeness (QED) is 0.689. The molecule has 2 nitrogen and oxygen atoms in total. The number of nitrogens with two attached hydrogens (primary N) is 1. The SMILES string of the molecule is Nc1nc(-c2ccc(Cl)cc2)c(-c2ccc(Cl)cc2)s1. The molecule has 1 heterocycles. The molecule has 100 valence electrons. The lowest BCUT2D eigenvalue weighted by atomic mass is 10.1. The molecular formula is C15H10Cl2N2S. The molecule has 0 unspecified atom stereocenters. The number of nitrogens with zero attached hydrogens (tertiary/aromatic N) is 1. The van der Waals surface area contributed by atoms with Gasteiger partial charge in [0.2, 0.25) is 0 Å². The number of anilines is 1.